The predicted molar refractivity (Wildman–Crippen MR) is 142 cm³/mol. The van der Waals surface area contributed by atoms with E-state index in [4.69, 9.17) is 16.3 Å². The van der Waals surface area contributed by atoms with Gasteiger partial charge in [-0.25, -0.2) is 9.97 Å². The second-order valence-electron chi connectivity index (χ2n) is 8.52. The Balaban J connectivity index is 1.19. The molecule has 2 saturated heterocycles. The third-order valence-electron chi connectivity index (χ3n) is 6.02. The zero-order valence-electron chi connectivity index (χ0n) is 19.9. The molecule has 8 nitrogen and oxygen atoms in total. The third-order valence-corrected chi connectivity index (χ3v) is 7.06. The van der Waals surface area contributed by atoms with Gasteiger partial charge in [-0.15, -0.1) is 0 Å². The summed E-state index contributed by atoms with van der Waals surface area (Å²) in [6.07, 6.45) is 4.38. The molecule has 4 rings (SSSR count). The Hall–Kier alpha value is -2.17. The highest BCUT2D eigenvalue weighted by Gasteiger charge is 2.19. The average molecular weight is 517 g/mol. The lowest BCUT2D eigenvalue weighted by atomic mass is 10.2. The molecule has 10 heteroatoms. The minimum atomic E-state index is -0.0226. The summed E-state index contributed by atoms with van der Waals surface area (Å²) in [5.74, 6) is 1.06. The van der Waals surface area contributed by atoms with Gasteiger partial charge in [-0.2, -0.15) is 0 Å². The Labute approximate surface area is 216 Å². The van der Waals surface area contributed by atoms with Crippen molar-refractivity contribution in [1.29, 1.82) is 0 Å². The number of anilines is 1. The zero-order chi connectivity index (χ0) is 24.3. The Morgan fingerprint density at radius 3 is 2.60 bits per heavy atom. The number of nitrogens with one attached hydrogen (secondary N) is 1. The normalized spacial score (nSPS) is 17.7. The second-order valence-corrected chi connectivity index (χ2v) is 9.85. The molecule has 35 heavy (non-hydrogen) atoms. The smallest absolute Gasteiger partial charge is 0.230 e. The van der Waals surface area contributed by atoms with Gasteiger partial charge < -0.3 is 15.0 Å². The predicted octanol–water partition coefficient (Wildman–Crippen LogP) is 2.51. The van der Waals surface area contributed by atoms with Gasteiger partial charge in [0.2, 0.25) is 5.91 Å². The molecule has 2 aliphatic heterocycles. The monoisotopic (exact) mass is 516 g/mol. The van der Waals surface area contributed by atoms with Crippen molar-refractivity contribution in [3.05, 3.63) is 53.2 Å². The first kappa shape index (κ1) is 25.9. The molecule has 1 aromatic carbocycles. The van der Waals surface area contributed by atoms with Crippen LogP contribution in [0.2, 0.25) is 5.15 Å². The van der Waals surface area contributed by atoms with E-state index in [1.165, 1.54) is 17.3 Å². The van der Waals surface area contributed by atoms with Gasteiger partial charge in [-0.05, 0) is 5.56 Å². The molecule has 0 atom stereocenters. The SMILES string of the molecule is O=C(CSc1nc(Cl)cc(N2CCN(C/C=C/c3ccccc3)CC2)n1)NCCN1CCOCC1. The molecule has 1 amide bonds. The minimum Gasteiger partial charge on any atom is -0.379 e. The van der Waals surface area contributed by atoms with Crippen LogP contribution in [-0.2, 0) is 9.53 Å². The lowest BCUT2D eigenvalue weighted by molar-refractivity contribution is -0.118. The number of thioether (sulfide) groups is 1. The van der Waals surface area contributed by atoms with E-state index in [-0.39, 0.29) is 11.7 Å². The van der Waals surface area contributed by atoms with Crippen molar-refractivity contribution in [1.82, 2.24) is 25.1 Å². The van der Waals surface area contributed by atoms with Crippen LogP contribution in [0.1, 0.15) is 5.56 Å². The van der Waals surface area contributed by atoms with Crippen molar-refractivity contribution >= 4 is 41.2 Å². The number of nitrogens with zero attached hydrogens (tertiary/aromatic N) is 5. The molecule has 0 saturated carbocycles. The number of morpholine rings is 1. The second kappa shape index (κ2) is 13.8. The van der Waals surface area contributed by atoms with Crippen molar-refractivity contribution in [2.24, 2.45) is 0 Å². The van der Waals surface area contributed by atoms with Gasteiger partial charge in [0.1, 0.15) is 11.0 Å². The van der Waals surface area contributed by atoms with Crippen molar-refractivity contribution < 1.29 is 9.53 Å². The molecule has 0 spiro atoms. The highest BCUT2D eigenvalue weighted by Crippen LogP contribution is 2.22. The van der Waals surface area contributed by atoms with Crippen molar-refractivity contribution in [2.45, 2.75) is 5.16 Å². The first-order valence-electron chi connectivity index (χ1n) is 12.1. The fourth-order valence-corrected chi connectivity index (χ4v) is 4.94. The van der Waals surface area contributed by atoms with E-state index >= 15 is 0 Å². The third kappa shape index (κ3) is 8.77. The van der Waals surface area contributed by atoms with Crippen LogP contribution >= 0.6 is 23.4 Å². The fraction of sp³-hybridized carbons (Fsp3) is 0.480. The van der Waals surface area contributed by atoms with Crippen LogP contribution in [0.5, 0.6) is 0 Å². The molecular weight excluding hydrogens is 484 g/mol. The maximum atomic E-state index is 12.3. The Bertz CT molecular complexity index is 966. The number of piperazine rings is 1. The number of benzene rings is 1. The number of rotatable bonds is 10. The Kier molecular flexibility index (Phi) is 10.2. The van der Waals surface area contributed by atoms with E-state index in [2.05, 4.69) is 66.4 Å². The summed E-state index contributed by atoms with van der Waals surface area (Å²) in [5, 5.41) is 3.91. The van der Waals surface area contributed by atoms with Gasteiger partial charge in [-0.3, -0.25) is 14.6 Å². The first-order chi connectivity index (χ1) is 17.2. The van der Waals surface area contributed by atoms with Crippen LogP contribution < -0.4 is 10.2 Å². The summed E-state index contributed by atoms with van der Waals surface area (Å²) in [4.78, 5) is 28.2. The number of aromatic nitrogens is 2. The van der Waals surface area contributed by atoms with E-state index < -0.39 is 0 Å². The van der Waals surface area contributed by atoms with Gasteiger partial charge in [0.05, 0.1) is 19.0 Å². The van der Waals surface area contributed by atoms with Gasteiger partial charge in [-0.1, -0.05) is 65.8 Å². The highest BCUT2D eigenvalue weighted by atomic mass is 35.5. The summed E-state index contributed by atoms with van der Waals surface area (Å²) in [6.45, 7) is 9.41. The molecule has 0 unspecified atom stereocenters. The van der Waals surface area contributed by atoms with Crippen molar-refractivity contribution in [2.75, 3.05) is 82.8 Å². The van der Waals surface area contributed by atoms with E-state index in [9.17, 15) is 4.79 Å². The maximum Gasteiger partial charge on any atom is 0.230 e. The molecule has 0 bridgehead atoms. The van der Waals surface area contributed by atoms with E-state index in [0.717, 1.165) is 71.4 Å². The van der Waals surface area contributed by atoms with Crippen LogP contribution in [0.15, 0.2) is 47.6 Å². The Morgan fingerprint density at radius 2 is 1.83 bits per heavy atom. The summed E-state index contributed by atoms with van der Waals surface area (Å²) < 4.78 is 5.35. The summed E-state index contributed by atoms with van der Waals surface area (Å²) in [6, 6.07) is 12.2. The van der Waals surface area contributed by atoms with Crippen molar-refractivity contribution in [3.8, 4) is 0 Å². The largest absolute Gasteiger partial charge is 0.379 e. The number of carbonyl (C=O) groups excluding carboxylic acids is 1. The van der Waals surface area contributed by atoms with E-state index in [0.29, 0.717) is 16.9 Å². The number of hydrogen-bond donors (Lipinski definition) is 1. The van der Waals surface area contributed by atoms with Crippen molar-refractivity contribution in [3.63, 3.8) is 0 Å². The number of hydrogen-bond acceptors (Lipinski definition) is 8. The molecule has 2 fully saturated rings. The summed E-state index contributed by atoms with van der Waals surface area (Å²) in [7, 11) is 0. The number of halogens is 1. The first-order valence-corrected chi connectivity index (χ1v) is 13.5. The molecular formula is C25H33ClN6O2S. The molecule has 0 radical (unpaired) electrons. The van der Waals surface area contributed by atoms with Crippen LogP contribution in [0.4, 0.5) is 5.82 Å². The molecule has 1 aromatic heterocycles. The molecule has 0 aliphatic carbocycles. The molecule has 2 aliphatic rings. The van der Waals surface area contributed by atoms with E-state index in [1.54, 1.807) is 6.07 Å². The van der Waals surface area contributed by atoms with Gasteiger partial charge >= 0.3 is 0 Å². The summed E-state index contributed by atoms with van der Waals surface area (Å²) in [5.41, 5.74) is 1.22. The molecule has 3 heterocycles. The lowest BCUT2D eigenvalue weighted by Crippen LogP contribution is -2.46. The highest BCUT2D eigenvalue weighted by molar-refractivity contribution is 7.99. The standard InChI is InChI=1S/C25H33ClN6O2S/c26-22-19-23(32-13-11-30(12-14-32)9-4-7-21-5-2-1-3-6-21)29-25(28-22)35-20-24(33)27-8-10-31-15-17-34-18-16-31/h1-7,19H,8-18,20H2,(H,27,33)/b7-4+. The quantitative estimate of drug-likeness (QED) is 0.293. The fourth-order valence-electron chi connectivity index (χ4n) is 4.03. The molecule has 2 aromatic rings. The van der Waals surface area contributed by atoms with Gasteiger partial charge in [0.25, 0.3) is 0 Å². The average Bonchev–Trinajstić information content (AvgIpc) is 2.89. The zero-order valence-corrected chi connectivity index (χ0v) is 21.5. The number of carbonyl (C=O) groups is 1. The van der Waals surface area contributed by atoms with Crippen LogP contribution in [0.3, 0.4) is 0 Å². The van der Waals surface area contributed by atoms with Gasteiger partial charge in [0, 0.05) is 65.0 Å². The maximum absolute atomic E-state index is 12.3. The van der Waals surface area contributed by atoms with Gasteiger partial charge in [0.15, 0.2) is 5.16 Å². The molecule has 188 valence electrons. The Morgan fingerprint density at radius 1 is 1.06 bits per heavy atom. The minimum absolute atomic E-state index is 0.0226. The topological polar surface area (TPSA) is 73.8 Å². The number of amides is 1. The summed E-state index contributed by atoms with van der Waals surface area (Å²) >= 11 is 7.60. The molecule has 1 N–H and O–H groups in total. The number of ether oxygens (including phenoxy) is 1. The van der Waals surface area contributed by atoms with E-state index in [1.807, 2.05) is 6.07 Å². The van der Waals surface area contributed by atoms with Crippen LogP contribution in [0.25, 0.3) is 6.08 Å². The van der Waals surface area contributed by atoms with Crippen LogP contribution in [-0.4, -0.2) is 104 Å². The lowest BCUT2D eigenvalue weighted by Gasteiger charge is -2.35. The van der Waals surface area contributed by atoms with Crippen LogP contribution in [0, 0.1) is 0 Å².